The van der Waals surface area contributed by atoms with E-state index >= 15 is 0 Å². The molecule has 1 aromatic heterocycles. The summed E-state index contributed by atoms with van der Waals surface area (Å²) in [5.74, 6) is 0.639. The Hall–Kier alpha value is -0.830. The van der Waals surface area contributed by atoms with Gasteiger partial charge in [0.15, 0.2) is 0 Å². The second-order valence-corrected chi connectivity index (χ2v) is 2.89. The molecule has 1 atom stereocenters. The van der Waals surface area contributed by atoms with Crippen LogP contribution >= 0.6 is 0 Å². The van der Waals surface area contributed by atoms with Crippen LogP contribution in [0.15, 0.2) is 18.5 Å². The van der Waals surface area contributed by atoms with Gasteiger partial charge in [-0.05, 0) is 25.6 Å². The van der Waals surface area contributed by atoms with Crippen LogP contribution in [0.3, 0.4) is 0 Å². The van der Waals surface area contributed by atoms with Gasteiger partial charge in [0.2, 0.25) is 0 Å². The van der Waals surface area contributed by atoms with Gasteiger partial charge >= 0.3 is 0 Å². The quantitative estimate of drug-likeness (QED) is 0.691. The Labute approximate surface area is 67.4 Å². The molecule has 0 aliphatic rings. The van der Waals surface area contributed by atoms with E-state index in [9.17, 15) is 0 Å². The minimum atomic E-state index is 0.639. The highest BCUT2D eigenvalue weighted by molar-refractivity contribution is 4.78. The molecule has 0 aliphatic carbocycles. The van der Waals surface area contributed by atoms with Crippen molar-refractivity contribution in [3.63, 3.8) is 0 Å². The molecule has 0 amide bonds. The molecular weight excluding hydrogens is 138 g/mol. The van der Waals surface area contributed by atoms with Gasteiger partial charge in [-0.15, -0.1) is 0 Å². The fourth-order valence-corrected chi connectivity index (χ4v) is 1.14. The van der Waals surface area contributed by atoms with Crippen molar-refractivity contribution in [2.24, 2.45) is 5.92 Å². The second-order valence-electron chi connectivity index (χ2n) is 2.89. The first-order valence-electron chi connectivity index (χ1n) is 3.95. The smallest absolute Gasteiger partial charge is 0.0489 e. The van der Waals surface area contributed by atoms with Gasteiger partial charge in [-0.3, -0.25) is 4.68 Å². The van der Waals surface area contributed by atoms with Crippen LogP contribution in [0.1, 0.15) is 6.92 Å². The molecule has 0 aliphatic heterocycles. The van der Waals surface area contributed by atoms with E-state index in [4.69, 9.17) is 0 Å². The third-order valence-electron chi connectivity index (χ3n) is 1.61. The lowest BCUT2D eigenvalue weighted by Crippen LogP contribution is -2.20. The van der Waals surface area contributed by atoms with Gasteiger partial charge in [0, 0.05) is 18.9 Å². The highest BCUT2D eigenvalue weighted by atomic mass is 15.3. The molecule has 0 fully saturated rings. The molecule has 0 bridgehead atoms. The van der Waals surface area contributed by atoms with Gasteiger partial charge in [-0.1, -0.05) is 6.92 Å². The van der Waals surface area contributed by atoms with Gasteiger partial charge < -0.3 is 5.32 Å². The van der Waals surface area contributed by atoms with Gasteiger partial charge in [-0.25, -0.2) is 0 Å². The minimum Gasteiger partial charge on any atom is -0.319 e. The number of hydrogen-bond acceptors (Lipinski definition) is 2. The lowest BCUT2D eigenvalue weighted by molar-refractivity contribution is 0.435. The van der Waals surface area contributed by atoms with Crippen LogP contribution in [-0.2, 0) is 6.54 Å². The maximum absolute atomic E-state index is 4.13. The van der Waals surface area contributed by atoms with Gasteiger partial charge in [0.25, 0.3) is 0 Å². The van der Waals surface area contributed by atoms with E-state index < -0.39 is 0 Å². The van der Waals surface area contributed by atoms with Crippen LogP contribution in [0, 0.1) is 5.92 Å². The fourth-order valence-electron chi connectivity index (χ4n) is 1.14. The van der Waals surface area contributed by atoms with Gasteiger partial charge in [0.05, 0.1) is 0 Å². The van der Waals surface area contributed by atoms with Crippen LogP contribution in [0.2, 0.25) is 0 Å². The molecule has 0 saturated heterocycles. The van der Waals surface area contributed by atoms with Crippen molar-refractivity contribution in [2.45, 2.75) is 13.5 Å². The summed E-state index contributed by atoms with van der Waals surface area (Å²) in [6, 6.07) is 1.95. The summed E-state index contributed by atoms with van der Waals surface area (Å²) >= 11 is 0. The summed E-state index contributed by atoms with van der Waals surface area (Å²) in [5, 5.41) is 7.27. The zero-order valence-corrected chi connectivity index (χ0v) is 7.12. The molecule has 3 heteroatoms. The summed E-state index contributed by atoms with van der Waals surface area (Å²) in [4.78, 5) is 0. The van der Waals surface area contributed by atoms with Gasteiger partial charge in [-0.2, -0.15) is 5.10 Å². The third kappa shape index (κ3) is 2.72. The fraction of sp³-hybridized carbons (Fsp3) is 0.625. The predicted molar refractivity (Wildman–Crippen MR) is 45.3 cm³/mol. The monoisotopic (exact) mass is 153 g/mol. The standard InChI is InChI=1S/C8H15N3/c1-8(6-9-2)7-11-5-3-4-10-11/h3-5,8-9H,6-7H2,1-2H3. The normalized spacial score (nSPS) is 13.3. The summed E-state index contributed by atoms with van der Waals surface area (Å²) in [7, 11) is 1.97. The SMILES string of the molecule is CNCC(C)Cn1cccn1. The van der Waals surface area contributed by atoms with E-state index in [1.165, 1.54) is 0 Å². The van der Waals surface area contributed by atoms with Crippen LogP contribution in [0.4, 0.5) is 0 Å². The van der Waals surface area contributed by atoms with Crippen LogP contribution in [-0.4, -0.2) is 23.4 Å². The average molecular weight is 153 g/mol. The maximum Gasteiger partial charge on any atom is 0.0489 e. The Balaban J connectivity index is 2.31. The molecule has 3 nitrogen and oxygen atoms in total. The molecular formula is C8H15N3. The highest BCUT2D eigenvalue weighted by Gasteiger charge is 2.00. The van der Waals surface area contributed by atoms with Crippen LogP contribution in [0.5, 0.6) is 0 Å². The van der Waals surface area contributed by atoms with Crippen molar-refractivity contribution >= 4 is 0 Å². The Morgan fingerprint density at radius 3 is 3.00 bits per heavy atom. The lowest BCUT2D eigenvalue weighted by atomic mass is 10.2. The second kappa shape index (κ2) is 4.13. The van der Waals surface area contributed by atoms with Gasteiger partial charge in [0.1, 0.15) is 0 Å². The van der Waals surface area contributed by atoms with Crippen molar-refractivity contribution in [3.05, 3.63) is 18.5 Å². The zero-order valence-electron chi connectivity index (χ0n) is 7.12. The lowest BCUT2D eigenvalue weighted by Gasteiger charge is -2.09. The number of nitrogens with one attached hydrogen (secondary N) is 1. The van der Waals surface area contributed by atoms with Crippen molar-refractivity contribution in [3.8, 4) is 0 Å². The third-order valence-corrected chi connectivity index (χ3v) is 1.61. The number of aromatic nitrogens is 2. The molecule has 1 aromatic rings. The molecule has 0 spiro atoms. The Morgan fingerprint density at radius 2 is 2.45 bits per heavy atom. The van der Waals surface area contributed by atoms with Crippen LogP contribution in [0.25, 0.3) is 0 Å². The van der Waals surface area contributed by atoms with E-state index in [2.05, 4.69) is 17.3 Å². The number of nitrogens with zero attached hydrogens (tertiary/aromatic N) is 2. The van der Waals surface area contributed by atoms with E-state index in [1.54, 1.807) is 0 Å². The first kappa shape index (κ1) is 8.27. The minimum absolute atomic E-state index is 0.639. The zero-order chi connectivity index (χ0) is 8.10. The summed E-state index contributed by atoms with van der Waals surface area (Å²) in [6.45, 7) is 4.24. The molecule has 0 radical (unpaired) electrons. The Kier molecular flexibility index (Phi) is 3.11. The van der Waals surface area contributed by atoms with Crippen molar-refractivity contribution in [1.82, 2.24) is 15.1 Å². The first-order chi connectivity index (χ1) is 5.33. The van der Waals surface area contributed by atoms with E-state index in [0.717, 1.165) is 13.1 Å². The predicted octanol–water partition coefficient (Wildman–Crippen LogP) is 0.739. The van der Waals surface area contributed by atoms with Crippen molar-refractivity contribution < 1.29 is 0 Å². The molecule has 0 saturated carbocycles. The largest absolute Gasteiger partial charge is 0.319 e. The highest BCUT2D eigenvalue weighted by Crippen LogP contribution is 1.96. The average Bonchev–Trinajstić information content (AvgIpc) is 2.40. The molecule has 62 valence electrons. The Morgan fingerprint density at radius 1 is 1.64 bits per heavy atom. The van der Waals surface area contributed by atoms with E-state index in [1.807, 2.05) is 30.2 Å². The molecule has 1 unspecified atom stereocenters. The van der Waals surface area contributed by atoms with Crippen molar-refractivity contribution in [2.75, 3.05) is 13.6 Å². The van der Waals surface area contributed by atoms with Crippen molar-refractivity contribution in [1.29, 1.82) is 0 Å². The molecule has 1 rings (SSSR count). The summed E-state index contributed by atoms with van der Waals surface area (Å²) in [6.07, 6.45) is 3.80. The molecule has 1 heterocycles. The summed E-state index contributed by atoms with van der Waals surface area (Å²) in [5.41, 5.74) is 0. The molecule has 0 aromatic carbocycles. The topological polar surface area (TPSA) is 29.9 Å². The molecule has 11 heavy (non-hydrogen) atoms. The maximum atomic E-state index is 4.13. The first-order valence-corrected chi connectivity index (χ1v) is 3.95. The Bertz CT molecular complexity index is 181. The number of hydrogen-bond donors (Lipinski definition) is 1. The number of rotatable bonds is 4. The van der Waals surface area contributed by atoms with Crippen LogP contribution < -0.4 is 5.32 Å². The van der Waals surface area contributed by atoms with E-state index in [0.29, 0.717) is 5.92 Å². The summed E-state index contributed by atoms with van der Waals surface area (Å²) < 4.78 is 1.96. The van der Waals surface area contributed by atoms with E-state index in [-0.39, 0.29) is 0 Å². The molecule has 1 N–H and O–H groups in total.